The number of amides is 3. The Balaban J connectivity index is 1.69. The maximum absolute atomic E-state index is 13.7. The lowest BCUT2D eigenvalue weighted by Crippen LogP contribution is -2.45. The van der Waals surface area contributed by atoms with E-state index in [4.69, 9.17) is 19.9 Å². The Morgan fingerprint density at radius 3 is 2.34 bits per heavy atom. The Morgan fingerprint density at radius 2 is 1.74 bits per heavy atom. The number of methoxy groups -OCH3 is 2. The Bertz CT molecular complexity index is 951. The Morgan fingerprint density at radius 1 is 1.03 bits per heavy atom. The zero-order chi connectivity index (χ0) is 27.7. The maximum Gasteiger partial charge on any atom is 0.254 e. The molecule has 0 radical (unpaired) electrons. The topological polar surface area (TPSA) is 123 Å². The van der Waals surface area contributed by atoms with Crippen molar-refractivity contribution < 1.29 is 28.6 Å². The molecule has 1 heterocycles. The highest BCUT2D eigenvalue weighted by molar-refractivity contribution is 5.95. The molecule has 0 spiro atoms. The van der Waals surface area contributed by atoms with Crippen LogP contribution in [0.1, 0.15) is 56.3 Å². The van der Waals surface area contributed by atoms with Gasteiger partial charge in [-0.05, 0) is 56.7 Å². The summed E-state index contributed by atoms with van der Waals surface area (Å²) in [5.41, 5.74) is 5.81. The number of carbonyl (C=O) groups excluding carboxylic acids is 3. The van der Waals surface area contributed by atoms with E-state index in [9.17, 15) is 14.4 Å². The fourth-order valence-corrected chi connectivity index (χ4v) is 4.94. The summed E-state index contributed by atoms with van der Waals surface area (Å²) in [6, 6.07) is 5.53. The zero-order valence-electron chi connectivity index (χ0n) is 23.2. The van der Waals surface area contributed by atoms with Gasteiger partial charge in [0, 0.05) is 76.8 Å². The molecule has 2 aliphatic rings. The van der Waals surface area contributed by atoms with Crippen LogP contribution in [0.4, 0.5) is 0 Å². The highest BCUT2D eigenvalue weighted by atomic mass is 16.5. The largest absolute Gasteiger partial charge is 0.493 e. The van der Waals surface area contributed by atoms with E-state index in [1.54, 1.807) is 32.4 Å². The molecule has 212 valence electrons. The zero-order valence-corrected chi connectivity index (χ0v) is 23.2. The SMILES string of the molecule is COCCCOc1cc(C(=O)N(C[C@H]2CNC[C@H]2CN(C(=O)CCC(N)=O)C2CC2)C(C)C)ccc1OC. The predicted molar refractivity (Wildman–Crippen MR) is 144 cm³/mol. The van der Waals surface area contributed by atoms with Gasteiger partial charge in [0.2, 0.25) is 11.8 Å². The molecule has 10 nitrogen and oxygen atoms in total. The van der Waals surface area contributed by atoms with Crippen molar-refractivity contribution in [2.45, 2.75) is 58.0 Å². The molecule has 1 saturated heterocycles. The van der Waals surface area contributed by atoms with Crippen molar-refractivity contribution in [2.75, 3.05) is 53.6 Å². The molecule has 1 saturated carbocycles. The van der Waals surface area contributed by atoms with Crippen molar-refractivity contribution in [3.05, 3.63) is 23.8 Å². The van der Waals surface area contributed by atoms with Gasteiger partial charge < -0.3 is 35.1 Å². The highest BCUT2D eigenvalue weighted by Crippen LogP contribution is 2.32. The van der Waals surface area contributed by atoms with Crippen LogP contribution in [0.15, 0.2) is 18.2 Å². The molecule has 10 heteroatoms. The second-order valence-corrected chi connectivity index (χ2v) is 10.5. The number of carbonyl (C=O) groups is 3. The van der Waals surface area contributed by atoms with E-state index in [1.165, 1.54) is 0 Å². The van der Waals surface area contributed by atoms with Crippen molar-refractivity contribution in [1.29, 1.82) is 0 Å². The molecular weight excluding hydrogens is 488 g/mol. The lowest BCUT2D eigenvalue weighted by molar-refractivity contribution is -0.134. The quantitative estimate of drug-likeness (QED) is 0.312. The molecule has 2 fully saturated rings. The van der Waals surface area contributed by atoms with Crippen LogP contribution >= 0.6 is 0 Å². The third kappa shape index (κ3) is 8.33. The summed E-state index contributed by atoms with van der Waals surface area (Å²) in [5, 5.41) is 3.46. The predicted octanol–water partition coefficient (Wildman–Crippen LogP) is 2.05. The minimum atomic E-state index is -0.456. The van der Waals surface area contributed by atoms with Crippen molar-refractivity contribution in [3.63, 3.8) is 0 Å². The molecule has 0 bridgehead atoms. The summed E-state index contributed by atoms with van der Waals surface area (Å²) in [4.78, 5) is 41.6. The van der Waals surface area contributed by atoms with E-state index in [1.807, 2.05) is 23.6 Å². The molecule has 3 amide bonds. The van der Waals surface area contributed by atoms with Crippen LogP contribution in [0.3, 0.4) is 0 Å². The van der Waals surface area contributed by atoms with Gasteiger partial charge in [-0.15, -0.1) is 0 Å². The average Bonchev–Trinajstić information content (AvgIpc) is 3.64. The van der Waals surface area contributed by atoms with Crippen LogP contribution in [-0.2, 0) is 14.3 Å². The third-order valence-electron chi connectivity index (χ3n) is 7.28. The minimum absolute atomic E-state index is 0.00587. The van der Waals surface area contributed by atoms with Crippen LogP contribution in [0.25, 0.3) is 0 Å². The summed E-state index contributed by atoms with van der Waals surface area (Å²) < 4.78 is 16.4. The smallest absolute Gasteiger partial charge is 0.254 e. The van der Waals surface area contributed by atoms with Crippen LogP contribution < -0.4 is 20.5 Å². The summed E-state index contributed by atoms with van der Waals surface area (Å²) >= 11 is 0. The first-order valence-electron chi connectivity index (χ1n) is 13.6. The molecule has 1 aromatic rings. The molecule has 1 aliphatic heterocycles. The van der Waals surface area contributed by atoms with Gasteiger partial charge in [0.15, 0.2) is 11.5 Å². The number of ether oxygens (including phenoxy) is 3. The maximum atomic E-state index is 13.7. The van der Waals surface area contributed by atoms with Crippen LogP contribution in [0, 0.1) is 11.8 Å². The Kier molecular flexibility index (Phi) is 11.2. The third-order valence-corrected chi connectivity index (χ3v) is 7.28. The number of rotatable bonds is 16. The van der Waals surface area contributed by atoms with E-state index in [0.717, 1.165) is 32.4 Å². The summed E-state index contributed by atoms with van der Waals surface area (Å²) in [7, 11) is 3.23. The summed E-state index contributed by atoms with van der Waals surface area (Å²) in [5.74, 6) is 1.01. The molecule has 1 aromatic carbocycles. The second kappa shape index (κ2) is 14.3. The van der Waals surface area contributed by atoms with Gasteiger partial charge in [0.05, 0.1) is 13.7 Å². The summed E-state index contributed by atoms with van der Waals surface area (Å²) in [6.45, 7) is 7.87. The average molecular weight is 533 g/mol. The van der Waals surface area contributed by atoms with Gasteiger partial charge in [-0.1, -0.05) is 0 Å². The summed E-state index contributed by atoms with van der Waals surface area (Å²) in [6.07, 6.45) is 2.95. The lowest BCUT2D eigenvalue weighted by atomic mass is 9.93. The van der Waals surface area contributed by atoms with E-state index in [2.05, 4.69) is 5.32 Å². The van der Waals surface area contributed by atoms with Gasteiger partial charge in [0.25, 0.3) is 5.91 Å². The standard InChI is InChI=1S/C28H44N4O6/c1-19(2)31(28(35)20-6-9-24(37-4)25(14-20)38-13-5-12-36-3)17-21-15-30-16-22(21)18-32(23-7-8-23)27(34)11-10-26(29)33/h6,9,14,19,21-23,30H,5,7-8,10-13,15-18H2,1-4H3,(H2,29,33)/t21-,22+/m1/s1. The van der Waals surface area contributed by atoms with E-state index < -0.39 is 5.91 Å². The van der Waals surface area contributed by atoms with Crippen LogP contribution in [0.2, 0.25) is 0 Å². The van der Waals surface area contributed by atoms with Crippen molar-refractivity contribution >= 4 is 17.7 Å². The van der Waals surface area contributed by atoms with Gasteiger partial charge in [-0.2, -0.15) is 0 Å². The number of benzene rings is 1. The van der Waals surface area contributed by atoms with E-state index in [-0.39, 0.29) is 48.6 Å². The Hall–Kier alpha value is -2.85. The molecule has 2 atom stereocenters. The first-order chi connectivity index (χ1) is 18.2. The fourth-order valence-electron chi connectivity index (χ4n) is 4.94. The molecule has 38 heavy (non-hydrogen) atoms. The number of primary amides is 1. The first-order valence-corrected chi connectivity index (χ1v) is 13.6. The highest BCUT2D eigenvalue weighted by Gasteiger charge is 2.38. The molecular formula is C28H44N4O6. The number of nitrogens with zero attached hydrogens (tertiary/aromatic N) is 2. The lowest BCUT2D eigenvalue weighted by Gasteiger charge is -2.33. The molecule has 3 N–H and O–H groups in total. The number of hydrogen-bond donors (Lipinski definition) is 2. The normalized spacial score (nSPS) is 18.9. The Labute approximate surface area is 226 Å². The first kappa shape index (κ1) is 29.7. The molecule has 0 aromatic heterocycles. The monoisotopic (exact) mass is 532 g/mol. The number of hydrogen-bond acceptors (Lipinski definition) is 7. The van der Waals surface area contributed by atoms with Gasteiger partial charge >= 0.3 is 0 Å². The van der Waals surface area contributed by atoms with Crippen molar-refractivity contribution in [3.8, 4) is 11.5 Å². The van der Waals surface area contributed by atoms with Crippen molar-refractivity contribution in [1.82, 2.24) is 15.1 Å². The van der Waals surface area contributed by atoms with Gasteiger partial charge in [-0.25, -0.2) is 0 Å². The van der Waals surface area contributed by atoms with Gasteiger partial charge in [0.1, 0.15) is 0 Å². The molecule has 3 rings (SSSR count). The van der Waals surface area contributed by atoms with E-state index in [0.29, 0.717) is 43.4 Å². The number of nitrogens with one attached hydrogen (secondary N) is 1. The van der Waals surface area contributed by atoms with Gasteiger partial charge in [-0.3, -0.25) is 14.4 Å². The minimum Gasteiger partial charge on any atom is -0.493 e. The van der Waals surface area contributed by atoms with Crippen molar-refractivity contribution in [2.24, 2.45) is 17.6 Å². The van der Waals surface area contributed by atoms with Crippen LogP contribution in [-0.4, -0.2) is 93.2 Å². The van der Waals surface area contributed by atoms with Crippen LogP contribution in [0.5, 0.6) is 11.5 Å². The number of nitrogens with two attached hydrogens (primary N) is 1. The second-order valence-electron chi connectivity index (χ2n) is 10.5. The molecule has 1 aliphatic carbocycles. The van der Waals surface area contributed by atoms with E-state index >= 15 is 0 Å². The fraction of sp³-hybridized carbons (Fsp3) is 0.679. The molecule has 0 unspecified atom stereocenters.